The molecule has 0 aliphatic rings. The van der Waals surface area contributed by atoms with Gasteiger partial charge in [-0.3, -0.25) is 0 Å². The van der Waals surface area contributed by atoms with Crippen molar-refractivity contribution in [2.45, 2.75) is 32.5 Å². The molecule has 1 N–H and O–H groups in total. The van der Waals surface area contributed by atoms with E-state index in [1.165, 1.54) is 11.3 Å². The van der Waals surface area contributed by atoms with E-state index in [4.69, 9.17) is 16.3 Å². The molecule has 1 heterocycles. The molecule has 0 amide bonds. The Balaban J connectivity index is 2.61. The van der Waals surface area contributed by atoms with Gasteiger partial charge in [-0.1, -0.05) is 18.5 Å². The highest BCUT2D eigenvalue weighted by Crippen LogP contribution is 2.31. The number of hydrogen-bond acceptors (Lipinski definition) is 3. The van der Waals surface area contributed by atoms with Crippen molar-refractivity contribution in [1.29, 1.82) is 0 Å². The summed E-state index contributed by atoms with van der Waals surface area (Å²) in [6.07, 6.45) is -3.40. The van der Waals surface area contributed by atoms with Gasteiger partial charge in [0.15, 0.2) is 0 Å². The number of aryl methyl sites for hydroxylation is 1. The molecule has 1 aromatic heterocycles. The standard InChI is InChI=1S/C12H17ClF3NOS/c1-3-4-17-9(6-18-7-12(14,15)16)10-5-8(2)11(13)19-10/h5,9,17H,3-4,6-7H2,1-2H3. The first-order valence-corrected chi connectivity index (χ1v) is 7.16. The van der Waals surface area contributed by atoms with E-state index >= 15 is 0 Å². The van der Waals surface area contributed by atoms with Crippen molar-refractivity contribution in [1.82, 2.24) is 5.32 Å². The summed E-state index contributed by atoms with van der Waals surface area (Å²) in [5, 5.41) is 3.17. The zero-order valence-electron chi connectivity index (χ0n) is 10.8. The van der Waals surface area contributed by atoms with Crippen molar-refractivity contribution in [2.75, 3.05) is 19.8 Å². The van der Waals surface area contributed by atoms with Crippen LogP contribution in [0.2, 0.25) is 4.34 Å². The second-order valence-corrected chi connectivity index (χ2v) is 5.93. The van der Waals surface area contributed by atoms with Crippen molar-refractivity contribution < 1.29 is 17.9 Å². The summed E-state index contributed by atoms with van der Waals surface area (Å²) in [6.45, 7) is 3.34. The topological polar surface area (TPSA) is 21.3 Å². The van der Waals surface area contributed by atoms with E-state index in [2.05, 4.69) is 5.32 Å². The van der Waals surface area contributed by atoms with E-state index in [0.717, 1.165) is 16.9 Å². The lowest BCUT2D eigenvalue weighted by Gasteiger charge is -2.18. The Labute approximate surface area is 119 Å². The van der Waals surface area contributed by atoms with Crippen molar-refractivity contribution in [3.05, 3.63) is 20.8 Å². The van der Waals surface area contributed by atoms with Gasteiger partial charge >= 0.3 is 6.18 Å². The minimum absolute atomic E-state index is 0.0181. The SMILES string of the molecule is CCCNC(COCC(F)(F)F)c1cc(C)c(Cl)s1. The Morgan fingerprint density at radius 3 is 2.63 bits per heavy atom. The maximum Gasteiger partial charge on any atom is 0.411 e. The van der Waals surface area contributed by atoms with Gasteiger partial charge in [0.1, 0.15) is 6.61 Å². The Morgan fingerprint density at radius 1 is 1.47 bits per heavy atom. The molecule has 1 aromatic rings. The fourth-order valence-electron chi connectivity index (χ4n) is 1.51. The number of ether oxygens (including phenoxy) is 1. The molecule has 7 heteroatoms. The van der Waals surface area contributed by atoms with E-state index in [0.29, 0.717) is 10.9 Å². The zero-order chi connectivity index (χ0) is 14.5. The van der Waals surface area contributed by atoms with Crippen molar-refractivity contribution in [3.8, 4) is 0 Å². The molecule has 2 nitrogen and oxygen atoms in total. The lowest BCUT2D eigenvalue weighted by molar-refractivity contribution is -0.175. The Bertz CT molecular complexity index is 375. The smallest absolute Gasteiger partial charge is 0.370 e. The highest BCUT2D eigenvalue weighted by atomic mass is 35.5. The van der Waals surface area contributed by atoms with Gasteiger partial charge in [0, 0.05) is 4.88 Å². The van der Waals surface area contributed by atoms with E-state index in [1.54, 1.807) is 0 Å². The molecule has 1 atom stereocenters. The van der Waals surface area contributed by atoms with Crippen LogP contribution in [-0.2, 0) is 4.74 Å². The van der Waals surface area contributed by atoms with Crippen LogP contribution in [0.5, 0.6) is 0 Å². The molecule has 0 saturated carbocycles. The lowest BCUT2D eigenvalue weighted by atomic mass is 10.2. The van der Waals surface area contributed by atoms with Gasteiger partial charge in [-0.25, -0.2) is 0 Å². The van der Waals surface area contributed by atoms with Crippen LogP contribution in [0, 0.1) is 6.92 Å². The first kappa shape index (κ1) is 16.8. The maximum absolute atomic E-state index is 12.1. The summed E-state index contributed by atoms with van der Waals surface area (Å²) in [5.41, 5.74) is 0.931. The summed E-state index contributed by atoms with van der Waals surface area (Å²) in [7, 11) is 0. The quantitative estimate of drug-likeness (QED) is 0.808. The van der Waals surface area contributed by atoms with Crippen LogP contribution in [0.4, 0.5) is 13.2 Å². The van der Waals surface area contributed by atoms with E-state index < -0.39 is 12.8 Å². The molecule has 0 saturated heterocycles. The van der Waals surface area contributed by atoms with Gasteiger partial charge in [0.2, 0.25) is 0 Å². The van der Waals surface area contributed by atoms with Gasteiger partial charge in [-0.2, -0.15) is 13.2 Å². The number of hydrogen-bond donors (Lipinski definition) is 1. The number of halogens is 4. The lowest BCUT2D eigenvalue weighted by Crippen LogP contribution is -2.28. The molecule has 110 valence electrons. The summed E-state index contributed by atoms with van der Waals surface area (Å²) in [5.74, 6) is 0. The summed E-state index contributed by atoms with van der Waals surface area (Å²) >= 11 is 7.36. The third-order valence-corrected chi connectivity index (χ3v) is 4.08. The monoisotopic (exact) mass is 315 g/mol. The van der Waals surface area contributed by atoms with Crippen molar-refractivity contribution in [3.63, 3.8) is 0 Å². The Kier molecular flexibility index (Phi) is 6.59. The van der Waals surface area contributed by atoms with Gasteiger partial charge in [-0.15, -0.1) is 11.3 Å². The highest BCUT2D eigenvalue weighted by Gasteiger charge is 2.28. The first-order chi connectivity index (χ1) is 8.83. The molecule has 0 bridgehead atoms. The molecule has 0 spiro atoms. The van der Waals surface area contributed by atoms with Crippen LogP contribution in [-0.4, -0.2) is 25.9 Å². The first-order valence-electron chi connectivity index (χ1n) is 5.97. The summed E-state index contributed by atoms with van der Waals surface area (Å²) in [4.78, 5) is 0.901. The second-order valence-electron chi connectivity index (χ2n) is 4.24. The van der Waals surface area contributed by atoms with Gasteiger partial charge in [0.25, 0.3) is 0 Å². The highest BCUT2D eigenvalue weighted by molar-refractivity contribution is 7.16. The molecule has 0 fully saturated rings. The third-order valence-electron chi connectivity index (χ3n) is 2.41. The van der Waals surface area contributed by atoms with Gasteiger partial charge < -0.3 is 10.1 Å². The molecule has 0 aliphatic carbocycles. The predicted molar refractivity (Wildman–Crippen MR) is 72.0 cm³/mol. The fraction of sp³-hybridized carbons (Fsp3) is 0.667. The summed E-state index contributed by atoms with van der Waals surface area (Å²) < 4.78 is 41.6. The largest absolute Gasteiger partial charge is 0.411 e. The number of alkyl halides is 3. The van der Waals surface area contributed by atoms with Crippen LogP contribution < -0.4 is 5.32 Å². The Morgan fingerprint density at radius 2 is 2.16 bits per heavy atom. The predicted octanol–water partition coefficient (Wildman–Crippen LogP) is 4.33. The van der Waals surface area contributed by atoms with Crippen molar-refractivity contribution >= 4 is 22.9 Å². The zero-order valence-corrected chi connectivity index (χ0v) is 12.4. The minimum Gasteiger partial charge on any atom is -0.370 e. The van der Waals surface area contributed by atoms with Crippen LogP contribution in [0.3, 0.4) is 0 Å². The molecule has 0 aliphatic heterocycles. The van der Waals surface area contributed by atoms with Crippen molar-refractivity contribution in [2.24, 2.45) is 0 Å². The van der Waals surface area contributed by atoms with Crippen LogP contribution in [0.1, 0.15) is 29.8 Å². The Hall–Kier alpha value is -0.300. The maximum atomic E-state index is 12.1. The fourth-order valence-corrected chi connectivity index (χ4v) is 2.79. The molecule has 1 unspecified atom stereocenters. The second kappa shape index (κ2) is 7.47. The van der Waals surface area contributed by atoms with Crippen LogP contribution >= 0.6 is 22.9 Å². The normalized spacial score (nSPS) is 13.8. The average Bonchev–Trinajstić information content (AvgIpc) is 2.62. The molecule has 19 heavy (non-hydrogen) atoms. The molecular formula is C12H17ClF3NOS. The van der Waals surface area contributed by atoms with E-state index in [9.17, 15) is 13.2 Å². The third kappa shape index (κ3) is 6.12. The van der Waals surface area contributed by atoms with Gasteiger partial charge in [0.05, 0.1) is 17.0 Å². The summed E-state index contributed by atoms with van der Waals surface area (Å²) in [6, 6.07) is 1.63. The van der Waals surface area contributed by atoms with Crippen LogP contribution in [0.15, 0.2) is 6.07 Å². The van der Waals surface area contributed by atoms with Gasteiger partial charge in [-0.05, 0) is 31.5 Å². The number of nitrogens with one attached hydrogen (secondary N) is 1. The van der Waals surface area contributed by atoms with Crippen LogP contribution in [0.25, 0.3) is 0 Å². The van der Waals surface area contributed by atoms with E-state index in [1.807, 2.05) is 19.9 Å². The molecule has 1 rings (SSSR count). The number of thiophene rings is 1. The number of rotatable bonds is 7. The van der Waals surface area contributed by atoms with E-state index in [-0.39, 0.29) is 12.6 Å². The average molecular weight is 316 g/mol. The minimum atomic E-state index is -4.29. The molecule has 0 aromatic carbocycles. The molecule has 0 radical (unpaired) electrons. The molecular weight excluding hydrogens is 299 g/mol.